The molecule has 0 aliphatic heterocycles. The summed E-state index contributed by atoms with van der Waals surface area (Å²) in [6, 6.07) is 10.6. The van der Waals surface area contributed by atoms with E-state index in [2.05, 4.69) is 30.3 Å². The first kappa shape index (κ1) is 7.57. The summed E-state index contributed by atoms with van der Waals surface area (Å²) in [4.78, 5) is 0. The Bertz CT molecular complexity index is 306. The maximum Gasteiger partial charge on any atom is 0.0577 e. The number of aliphatic hydroxyl groups excluding tert-OH is 1. The van der Waals surface area contributed by atoms with Gasteiger partial charge in [0.2, 0.25) is 0 Å². The van der Waals surface area contributed by atoms with Gasteiger partial charge in [0.25, 0.3) is 0 Å². The van der Waals surface area contributed by atoms with E-state index in [1.807, 2.05) is 0 Å². The summed E-state index contributed by atoms with van der Waals surface area (Å²) >= 11 is 0. The van der Waals surface area contributed by atoms with Crippen LogP contribution in [0.1, 0.15) is 24.3 Å². The van der Waals surface area contributed by atoms with Crippen LogP contribution in [0, 0.1) is 11.8 Å². The molecule has 1 aromatic rings. The van der Waals surface area contributed by atoms with Crippen LogP contribution in [0.3, 0.4) is 0 Å². The van der Waals surface area contributed by atoms with Gasteiger partial charge in [-0.05, 0) is 36.2 Å². The van der Waals surface area contributed by atoms with Crippen molar-refractivity contribution in [1.29, 1.82) is 0 Å². The fraction of sp³-hybridized carbons (Fsp3) is 0.500. The lowest BCUT2D eigenvalue weighted by atomic mass is 9.94. The third kappa shape index (κ3) is 1.11. The lowest BCUT2D eigenvalue weighted by molar-refractivity contribution is 0.156. The highest BCUT2D eigenvalue weighted by molar-refractivity contribution is 5.25. The van der Waals surface area contributed by atoms with Gasteiger partial charge >= 0.3 is 0 Å². The Morgan fingerprint density at radius 1 is 1.00 bits per heavy atom. The molecule has 0 amide bonds. The second-order valence-corrected chi connectivity index (χ2v) is 4.38. The summed E-state index contributed by atoms with van der Waals surface area (Å²) in [5.74, 6) is 2.06. The number of rotatable bonds is 1. The topological polar surface area (TPSA) is 20.2 Å². The molecule has 68 valence electrons. The minimum Gasteiger partial charge on any atom is -0.393 e. The molecule has 0 spiro atoms. The summed E-state index contributed by atoms with van der Waals surface area (Å²) in [5, 5.41) is 9.67. The lowest BCUT2D eigenvalue weighted by Gasteiger charge is -2.12. The monoisotopic (exact) mass is 174 g/mol. The fourth-order valence-electron chi connectivity index (χ4n) is 2.83. The largest absolute Gasteiger partial charge is 0.393 e. The zero-order valence-corrected chi connectivity index (χ0v) is 7.56. The van der Waals surface area contributed by atoms with E-state index in [4.69, 9.17) is 0 Å². The summed E-state index contributed by atoms with van der Waals surface area (Å²) in [6.07, 6.45) is 2.22. The molecule has 0 heterocycles. The maximum absolute atomic E-state index is 9.67. The molecule has 0 unspecified atom stereocenters. The minimum absolute atomic E-state index is 0.0183. The zero-order chi connectivity index (χ0) is 8.84. The molecule has 4 atom stereocenters. The molecule has 0 aromatic heterocycles. The average molecular weight is 174 g/mol. The summed E-state index contributed by atoms with van der Waals surface area (Å²) in [6.45, 7) is 0. The SMILES string of the molecule is O[C@@H]1C[C@H](c2ccccc2)[C@@H]2C[C@@H]21. The third-order valence-electron chi connectivity index (χ3n) is 3.63. The van der Waals surface area contributed by atoms with Crippen LogP contribution in [0.25, 0.3) is 0 Å². The number of benzene rings is 1. The van der Waals surface area contributed by atoms with Gasteiger partial charge in [-0.15, -0.1) is 0 Å². The van der Waals surface area contributed by atoms with Gasteiger partial charge in [-0.3, -0.25) is 0 Å². The molecular weight excluding hydrogens is 160 g/mol. The first-order valence-corrected chi connectivity index (χ1v) is 5.09. The summed E-state index contributed by atoms with van der Waals surface area (Å²) in [5.41, 5.74) is 1.42. The van der Waals surface area contributed by atoms with E-state index in [-0.39, 0.29) is 6.10 Å². The fourth-order valence-corrected chi connectivity index (χ4v) is 2.83. The molecule has 2 aliphatic rings. The van der Waals surface area contributed by atoms with Gasteiger partial charge in [-0.1, -0.05) is 30.3 Å². The third-order valence-corrected chi connectivity index (χ3v) is 3.63. The van der Waals surface area contributed by atoms with E-state index in [9.17, 15) is 5.11 Å². The normalized spacial score (nSPS) is 41.6. The Morgan fingerprint density at radius 3 is 2.31 bits per heavy atom. The van der Waals surface area contributed by atoms with Crippen molar-refractivity contribution in [3.8, 4) is 0 Å². The maximum atomic E-state index is 9.67. The van der Waals surface area contributed by atoms with E-state index in [0.717, 1.165) is 12.3 Å². The molecule has 13 heavy (non-hydrogen) atoms. The molecule has 1 heteroatoms. The van der Waals surface area contributed by atoms with Crippen LogP contribution < -0.4 is 0 Å². The molecule has 1 aromatic carbocycles. The highest BCUT2D eigenvalue weighted by Gasteiger charge is 2.53. The molecule has 2 fully saturated rings. The van der Waals surface area contributed by atoms with E-state index in [1.54, 1.807) is 0 Å². The second kappa shape index (κ2) is 2.58. The van der Waals surface area contributed by atoms with Crippen molar-refractivity contribution >= 4 is 0 Å². The van der Waals surface area contributed by atoms with Crippen molar-refractivity contribution in [3.63, 3.8) is 0 Å². The predicted molar refractivity (Wildman–Crippen MR) is 51.4 cm³/mol. The van der Waals surface area contributed by atoms with Crippen molar-refractivity contribution in [1.82, 2.24) is 0 Å². The van der Waals surface area contributed by atoms with Crippen LogP contribution in [-0.2, 0) is 0 Å². The van der Waals surface area contributed by atoms with Crippen LogP contribution in [0.2, 0.25) is 0 Å². The van der Waals surface area contributed by atoms with Crippen LogP contribution in [-0.4, -0.2) is 11.2 Å². The molecule has 1 N–H and O–H groups in total. The van der Waals surface area contributed by atoms with Crippen molar-refractivity contribution in [3.05, 3.63) is 35.9 Å². The Kier molecular flexibility index (Phi) is 1.50. The first-order chi connectivity index (χ1) is 6.36. The van der Waals surface area contributed by atoms with Gasteiger partial charge in [-0.2, -0.15) is 0 Å². The van der Waals surface area contributed by atoms with Crippen LogP contribution in [0.15, 0.2) is 30.3 Å². The average Bonchev–Trinajstić information content (AvgIpc) is 2.89. The molecule has 3 rings (SSSR count). The van der Waals surface area contributed by atoms with E-state index in [1.165, 1.54) is 12.0 Å². The van der Waals surface area contributed by atoms with E-state index in [0.29, 0.717) is 11.8 Å². The minimum atomic E-state index is -0.0183. The number of hydrogen-bond donors (Lipinski definition) is 1. The Labute approximate surface area is 78.4 Å². The standard InChI is InChI=1S/C12H14O/c13-12-7-9(10-6-11(10)12)8-4-2-1-3-5-8/h1-5,9-13H,6-7H2/t9-,10+,11+,12-/m1/s1. The highest BCUT2D eigenvalue weighted by Crippen LogP contribution is 2.59. The number of fused-ring (bicyclic) bond motifs is 1. The van der Waals surface area contributed by atoms with Crippen molar-refractivity contribution in [2.24, 2.45) is 11.8 Å². The Balaban J connectivity index is 1.88. The molecule has 0 saturated heterocycles. The smallest absolute Gasteiger partial charge is 0.0577 e. The van der Waals surface area contributed by atoms with Crippen LogP contribution in [0.4, 0.5) is 0 Å². The lowest BCUT2D eigenvalue weighted by Crippen LogP contribution is -2.06. The second-order valence-electron chi connectivity index (χ2n) is 4.38. The molecule has 1 nitrogen and oxygen atoms in total. The quantitative estimate of drug-likeness (QED) is 0.691. The zero-order valence-electron chi connectivity index (χ0n) is 7.56. The number of aliphatic hydroxyl groups is 1. The van der Waals surface area contributed by atoms with Gasteiger partial charge < -0.3 is 5.11 Å². The molecule has 0 radical (unpaired) electrons. The number of hydrogen-bond acceptors (Lipinski definition) is 1. The van der Waals surface area contributed by atoms with Crippen LogP contribution in [0.5, 0.6) is 0 Å². The summed E-state index contributed by atoms with van der Waals surface area (Å²) in [7, 11) is 0. The molecule has 2 saturated carbocycles. The molecule has 0 bridgehead atoms. The van der Waals surface area contributed by atoms with Crippen molar-refractivity contribution in [2.75, 3.05) is 0 Å². The van der Waals surface area contributed by atoms with Gasteiger partial charge in [0.15, 0.2) is 0 Å². The first-order valence-electron chi connectivity index (χ1n) is 5.09. The van der Waals surface area contributed by atoms with E-state index < -0.39 is 0 Å². The summed E-state index contributed by atoms with van der Waals surface area (Å²) < 4.78 is 0. The van der Waals surface area contributed by atoms with Gasteiger partial charge in [0.1, 0.15) is 0 Å². The van der Waals surface area contributed by atoms with Gasteiger partial charge in [-0.25, -0.2) is 0 Å². The van der Waals surface area contributed by atoms with Crippen LogP contribution >= 0.6 is 0 Å². The highest BCUT2D eigenvalue weighted by atomic mass is 16.3. The van der Waals surface area contributed by atoms with E-state index >= 15 is 0 Å². The van der Waals surface area contributed by atoms with Crippen molar-refractivity contribution < 1.29 is 5.11 Å². The van der Waals surface area contributed by atoms with Crippen molar-refractivity contribution in [2.45, 2.75) is 24.9 Å². The molecule has 2 aliphatic carbocycles. The molecular formula is C12H14O. The van der Waals surface area contributed by atoms with Gasteiger partial charge in [0, 0.05) is 0 Å². The predicted octanol–water partition coefficient (Wildman–Crippen LogP) is 2.17. The Morgan fingerprint density at radius 2 is 1.77 bits per heavy atom. The Hall–Kier alpha value is -0.820. The van der Waals surface area contributed by atoms with Gasteiger partial charge in [0.05, 0.1) is 6.10 Å².